The minimum atomic E-state index is -0.190. The Hall–Kier alpha value is -2.96. The van der Waals surface area contributed by atoms with Crippen LogP contribution in [-0.2, 0) is 0 Å². The fraction of sp³-hybridized carbons (Fsp3) is 0.0769. The Bertz CT molecular complexity index is 717. The lowest BCUT2D eigenvalue weighted by Crippen LogP contribution is -2.13. The topological polar surface area (TPSA) is 88.5 Å². The molecule has 3 rings (SSSR count). The van der Waals surface area contributed by atoms with Crippen LogP contribution in [0.25, 0.3) is 5.82 Å². The minimum Gasteiger partial charge on any atom is -0.317 e. The molecule has 0 saturated carbocycles. The zero-order valence-electron chi connectivity index (χ0n) is 10.7. The third kappa shape index (κ3) is 2.16. The van der Waals surface area contributed by atoms with Crippen molar-refractivity contribution in [2.75, 3.05) is 5.32 Å². The number of anilines is 1. The summed E-state index contributed by atoms with van der Waals surface area (Å²) in [5.41, 5.74) is 1.96. The highest BCUT2D eigenvalue weighted by Gasteiger charge is 2.15. The smallest absolute Gasteiger partial charge is 0.255 e. The van der Waals surface area contributed by atoms with Crippen LogP contribution in [0.3, 0.4) is 0 Å². The van der Waals surface area contributed by atoms with E-state index in [-0.39, 0.29) is 5.91 Å². The standard InChI is InChI=1S/C13H12N6O/c1-9-11(12(18-17-9)19-7-14-15-8-19)16-13(20)10-5-3-2-4-6-10/h2-8H,1H3,(H,16,20)(H,17,18). The van der Waals surface area contributed by atoms with Crippen molar-refractivity contribution < 1.29 is 4.79 Å². The number of amides is 1. The van der Waals surface area contributed by atoms with Crippen LogP contribution < -0.4 is 5.32 Å². The van der Waals surface area contributed by atoms with Gasteiger partial charge in [-0.3, -0.25) is 14.5 Å². The third-order valence-corrected chi connectivity index (χ3v) is 2.87. The molecule has 0 bridgehead atoms. The Morgan fingerprint density at radius 3 is 2.60 bits per heavy atom. The predicted molar refractivity (Wildman–Crippen MR) is 72.6 cm³/mol. The number of aryl methyl sites for hydroxylation is 1. The van der Waals surface area contributed by atoms with Crippen molar-refractivity contribution in [1.82, 2.24) is 25.0 Å². The molecule has 0 fully saturated rings. The Morgan fingerprint density at radius 2 is 1.90 bits per heavy atom. The lowest BCUT2D eigenvalue weighted by Gasteiger charge is -2.06. The fourth-order valence-electron chi connectivity index (χ4n) is 1.84. The van der Waals surface area contributed by atoms with Crippen molar-refractivity contribution >= 4 is 11.6 Å². The van der Waals surface area contributed by atoms with E-state index in [0.717, 1.165) is 5.69 Å². The maximum atomic E-state index is 12.2. The van der Waals surface area contributed by atoms with Crippen LogP contribution in [0.4, 0.5) is 5.69 Å². The zero-order chi connectivity index (χ0) is 13.9. The molecule has 0 radical (unpaired) electrons. The molecule has 1 aromatic carbocycles. The van der Waals surface area contributed by atoms with Crippen molar-refractivity contribution in [3.05, 3.63) is 54.2 Å². The van der Waals surface area contributed by atoms with Gasteiger partial charge in [0.05, 0.1) is 5.69 Å². The van der Waals surface area contributed by atoms with Gasteiger partial charge in [-0.25, -0.2) is 0 Å². The number of carbonyl (C=O) groups excluding carboxylic acids is 1. The lowest BCUT2D eigenvalue weighted by atomic mass is 10.2. The number of nitrogens with zero attached hydrogens (tertiary/aromatic N) is 4. The summed E-state index contributed by atoms with van der Waals surface area (Å²) in [6.45, 7) is 1.83. The first-order valence-electron chi connectivity index (χ1n) is 6.02. The lowest BCUT2D eigenvalue weighted by molar-refractivity contribution is 0.102. The average Bonchev–Trinajstić information content (AvgIpc) is 3.11. The molecule has 100 valence electrons. The minimum absolute atomic E-state index is 0.190. The van der Waals surface area contributed by atoms with Gasteiger partial charge in [0.25, 0.3) is 5.91 Å². The van der Waals surface area contributed by atoms with Crippen LogP contribution >= 0.6 is 0 Å². The van der Waals surface area contributed by atoms with Crippen LogP contribution in [0.5, 0.6) is 0 Å². The van der Waals surface area contributed by atoms with Crippen LogP contribution in [0.15, 0.2) is 43.0 Å². The molecule has 3 aromatic rings. The first-order valence-corrected chi connectivity index (χ1v) is 6.02. The van der Waals surface area contributed by atoms with Crippen LogP contribution in [0.2, 0.25) is 0 Å². The Morgan fingerprint density at radius 1 is 1.20 bits per heavy atom. The summed E-state index contributed by atoms with van der Waals surface area (Å²) in [6, 6.07) is 9.00. The maximum Gasteiger partial charge on any atom is 0.255 e. The van der Waals surface area contributed by atoms with Crippen molar-refractivity contribution in [3.8, 4) is 5.82 Å². The Kier molecular flexibility index (Phi) is 3.00. The first-order chi connectivity index (χ1) is 9.75. The largest absolute Gasteiger partial charge is 0.317 e. The van der Waals surface area contributed by atoms with E-state index in [9.17, 15) is 4.79 Å². The number of aromatic amines is 1. The number of nitrogens with one attached hydrogen (secondary N) is 2. The summed E-state index contributed by atoms with van der Waals surface area (Å²) >= 11 is 0. The molecule has 0 saturated heterocycles. The van der Waals surface area contributed by atoms with E-state index in [1.165, 1.54) is 12.7 Å². The van der Waals surface area contributed by atoms with Gasteiger partial charge in [-0.15, -0.1) is 10.2 Å². The second-order valence-electron chi connectivity index (χ2n) is 4.24. The first kappa shape index (κ1) is 12.1. The van der Waals surface area contributed by atoms with E-state index in [1.807, 2.05) is 25.1 Å². The monoisotopic (exact) mass is 268 g/mol. The van der Waals surface area contributed by atoms with Gasteiger partial charge in [-0.05, 0) is 19.1 Å². The number of H-pyrrole nitrogens is 1. The summed E-state index contributed by atoms with van der Waals surface area (Å²) < 4.78 is 1.63. The van der Waals surface area contributed by atoms with Crippen molar-refractivity contribution in [2.24, 2.45) is 0 Å². The number of aromatic nitrogens is 5. The number of benzene rings is 1. The quantitative estimate of drug-likeness (QED) is 0.754. The van der Waals surface area contributed by atoms with Crippen molar-refractivity contribution in [2.45, 2.75) is 6.92 Å². The van der Waals surface area contributed by atoms with Gasteiger partial charge in [0, 0.05) is 5.56 Å². The molecule has 7 nitrogen and oxygen atoms in total. The van der Waals surface area contributed by atoms with Gasteiger partial charge in [-0.1, -0.05) is 18.2 Å². The van der Waals surface area contributed by atoms with Gasteiger partial charge in [-0.2, -0.15) is 5.10 Å². The van der Waals surface area contributed by atoms with E-state index < -0.39 is 0 Å². The zero-order valence-corrected chi connectivity index (χ0v) is 10.7. The molecule has 0 unspecified atom stereocenters. The highest BCUT2D eigenvalue weighted by atomic mass is 16.1. The second-order valence-corrected chi connectivity index (χ2v) is 4.24. The van der Waals surface area contributed by atoms with Gasteiger partial charge in [0.15, 0.2) is 5.82 Å². The molecule has 20 heavy (non-hydrogen) atoms. The molecule has 2 N–H and O–H groups in total. The third-order valence-electron chi connectivity index (χ3n) is 2.87. The van der Waals surface area contributed by atoms with Crippen LogP contribution in [-0.4, -0.2) is 30.9 Å². The molecule has 1 amide bonds. The van der Waals surface area contributed by atoms with E-state index in [4.69, 9.17) is 0 Å². The molecular formula is C13H12N6O. The number of rotatable bonds is 3. The van der Waals surface area contributed by atoms with Gasteiger partial charge in [0.2, 0.25) is 0 Å². The highest BCUT2D eigenvalue weighted by Crippen LogP contribution is 2.21. The van der Waals surface area contributed by atoms with Crippen LogP contribution in [0, 0.1) is 6.92 Å². The second kappa shape index (κ2) is 4.96. The molecule has 2 heterocycles. The SMILES string of the molecule is Cc1[nH]nc(-n2cnnc2)c1NC(=O)c1ccccc1. The average molecular weight is 268 g/mol. The molecule has 0 aliphatic heterocycles. The molecule has 0 aliphatic rings. The van der Waals surface area contributed by atoms with Gasteiger partial charge < -0.3 is 5.32 Å². The molecule has 0 atom stereocenters. The molecule has 7 heteroatoms. The normalized spacial score (nSPS) is 10.4. The van der Waals surface area contributed by atoms with E-state index in [0.29, 0.717) is 17.1 Å². The van der Waals surface area contributed by atoms with E-state index in [2.05, 4.69) is 25.7 Å². The molecular weight excluding hydrogens is 256 g/mol. The Balaban J connectivity index is 1.92. The van der Waals surface area contributed by atoms with Crippen molar-refractivity contribution in [1.29, 1.82) is 0 Å². The summed E-state index contributed by atoms with van der Waals surface area (Å²) in [5.74, 6) is 0.362. The Labute approximate surface area is 114 Å². The summed E-state index contributed by atoms with van der Waals surface area (Å²) in [6.07, 6.45) is 3.04. The number of carbonyl (C=O) groups is 1. The summed E-state index contributed by atoms with van der Waals surface area (Å²) in [5, 5.41) is 17.3. The van der Waals surface area contributed by atoms with Gasteiger partial charge >= 0.3 is 0 Å². The number of hydrogen-bond donors (Lipinski definition) is 2. The summed E-state index contributed by atoms with van der Waals surface area (Å²) in [4.78, 5) is 12.2. The van der Waals surface area contributed by atoms with Crippen LogP contribution in [0.1, 0.15) is 16.1 Å². The highest BCUT2D eigenvalue weighted by molar-refractivity contribution is 6.05. The van der Waals surface area contributed by atoms with Crippen molar-refractivity contribution in [3.63, 3.8) is 0 Å². The van der Waals surface area contributed by atoms with E-state index in [1.54, 1.807) is 16.7 Å². The maximum absolute atomic E-state index is 12.2. The fourth-order valence-corrected chi connectivity index (χ4v) is 1.84. The summed E-state index contributed by atoms with van der Waals surface area (Å²) in [7, 11) is 0. The van der Waals surface area contributed by atoms with E-state index >= 15 is 0 Å². The molecule has 2 aromatic heterocycles. The molecule has 0 aliphatic carbocycles. The number of hydrogen-bond acceptors (Lipinski definition) is 4. The van der Waals surface area contributed by atoms with Gasteiger partial charge in [0.1, 0.15) is 18.3 Å². The predicted octanol–water partition coefficient (Wildman–Crippen LogP) is 1.55. The molecule has 0 spiro atoms.